The fourth-order valence-corrected chi connectivity index (χ4v) is 2.55. The van der Waals surface area contributed by atoms with Crippen molar-refractivity contribution < 1.29 is 0 Å². The molecule has 1 aliphatic carbocycles. The van der Waals surface area contributed by atoms with Crippen molar-refractivity contribution in [3.8, 4) is 0 Å². The first kappa shape index (κ1) is 6.66. The molecule has 2 saturated heterocycles. The molecule has 0 spiro atoms. The van der Waals surface area contributed by atoms with Gasteiger partial charge in [0.2, 0.25) is 0 Å². The second-order valence-electron chi connectivity index (χ2n) is 4.11. The standard InChI is InChI=1S/C9H17N/c1-10-6-8-2-3-9(7-10)5-4-8/h8-9H,2-7H2,1H3. The maximum atomic E-state index is 2.52. The van der Waals surface area contributed by atoms with Crippen molar-refractivity contribution in [1.82, 2.24) is 4.90 Å². The Morgan fingerprint density at radius 1 is 0.900 bits per heavy atom. The summed E-state index contributed by atoms with van der Waals surface area (Å²) in [6.07, 6.45) is 6.04. The van der Waals surface area contributed by atoms with Gasteiger partial charge in [-0.05, 0) is 44.6 Å². The van der Waals surface area contributed by atoms with Crippen LogP contribution in [-0.4, -0.2) is 25.0 Å². The van der Waals surface area contributed by atoms with Crippen LogP contribution in [0.1, 0.15) is 25.7 Å². The molecule has 0 radical (unpaired) electrons. The lowest BCUT2D eigenvalue weighted by Gasteiger charge is -2.21. The fraction of sp³-hybridized carbons (Fsp3) is 1.00. The van der Waals surface area contributed by atoms with E-state index in [1.165, 1.54) is 38.8 Å². The smallest absolute Gasteiger partial charge is 0.000673 e. The van der Waals surface area contributed by atoms with Crippen LogP contribution < -0.4 is 0 Å². The molecule has 10 heavy (non-hydrogen) atoms. The molecule has 0 aromatic rings. The molecule has 3 rings (SSSR count). The van der Waals surface area contributed by atoms with Crippen LogP contribution >= 0.6 is 0 Å². The summed E-state index contributed by atoms with van der Waals surface area (Å²) in [5, 5.41) is 0. The van der Waals surface area contributed by atoms with E-state index in [0.717, 1.165) is 11.8 Å². The minimum atomic E-state index is 1.05. The zero-order valence-electron chi connectivity index (χ0n) is 6.84. The number of fused-ring (bicyclic) bond motifs is 4. The van der Waals surface area contributed by atoms with E-state index in [4.69, 9.17) is 0 Å². The maximum Gasteiger partial charge on any atom is 0.000673 e. The van der Waals surface area contributed by atoms with Crippen molar-refractivity contribution in [2.75, 3.05) is 20.1 Å². The molecule has 0 unspecified atom stereocenters. The van der Waals surface area contributed by atoms with Gasteiger partial charge in [-0.3, -0.25) is 0 Å². The van der Waals surface area contributed by atoms with Crippen LogP contribution in [0.5, 0.6) is 0 Å². The summed E-state index contributed by atoms with van der Waals surface area (Å²) in [7, 11) is 2.27. The highest BCUT2D eigenvalue weighted by Gasteiger charge is 2.27. The molecule has 3 fully saturated rings. The molecule has 0 N–H and O–H groups in total. The average Bonchev–Trinajstić information content (AvgIpc) is 2.17. The van der Waals surface area contributed by atoms with Crippen LogP contribution in [0.15, 0.2) is 0 Å². The van der Waals surface area contributed by atoms with Gasteiger partial charge < -0.3 is 4.90 Å². The van der Waals surface area contributed by atoms with Crippen molar-refractivity contribution >= 4 is 0 Å². The number of rotatable bonds is 0. The van der Waals surface area contributed by atoms with E-state index >= 15 is 0 Å². The van der Waals surface area contributed by atoms with Crippen molar-refractivity contribution in [2.24, 2.45) is 11.8 Å². The first-order valence-corrected chi connectivity index (χ1v) is 4.53. The van der Waals surface area contributed by atoms with E-state index < -0.39 is 0 Å². The third-order valence-corrected chi connectivity index (χ3v) is 3.11. The summed E-state index contributed by atoms with van der Waals surface area (Å²) >= 11 is 0. The van der Waals surface area contributed by atoms with Crippen molar-refractivity contribution in [3.63, 3.8) is 0 Å². The van der Waals surface area contributed by atoms with Gasteiger partial charge in [-0.1, -0.05) is 0 Å². The summed E-state index contributed by atoms with van der Waals surface area (Å²) in [4.78, 5) is 2.52. The molecule has 1 nitrogen and oxygen atoms in total. The second kappa shape index (κ2) is 2.54. The minimum Gasteiger partial charge on any atom is -0.306 e. The zero-order valence-corrected chi connectivity index (χ0v) is 6.84. The number of hydrogen-bond acceptors (Lipinski definition) is 1. The lowest BCUT2D eigenvalue weighted by molar-refractivity contribution is 0.308. The first-order valence-electron chi connectivity index (χ1n) is 4.53. The van der Waals surface area contributed by atoms with Crippen molar-refractivity contribution in [3.05, 3.63) is 0 Å². The summed E-state index contributed by atoms with van der Waals surface area (Å²) in [5.74, 6) is 2.09. The predicted octanol–water partition coefficient (Wildman–Crippen LogP) is 1.74. The monoisotopic (exact) mass is 139 g/mol. The summed E-state index contributed by atoms with van der Waals surface area (Å²) < 4.78 is 0. The van der Waals surface area contributed by atoms with E-state index in [9.17, 15) is 0 Å². The molecular weight excluding hydrogens is 122 g/mol. The highest BCUT2D eigenvalue weighted by Crippen LogP contribution is 2.32. The zero-order chi connectivity index (χ0) is 6.97. The Balaban J connectivity index is 2.05. The Kier molecular flexibility index (Phi) is 1.69. The Labute approximate surface area is 63.4 Å². The fourth-order valence-electron chi connectivity index (χ4n) is 2.55. The van der Waals surface area contributed by atoms with Crippen LogP contribution in [0.2, 0.25) is 0 Å². The molecule has 0 atom stereocenters. The van der Waals surface area contributed by atoms with Gasteiger partial charge in [-0.15, -0.1) is 0 Å². The van der Waals surface area contributed by atoms with Gasteiger partial charge in [0.15, 0.2) is 0 Å². The van der Waals surface area contributed by atoms with Gasteiger partial charge in [0.25, 0.3) is 0 Å². The van der Waals surface area contributed by atoms with Crippen LogP contribution in [0.25, 0.3) is 0 Å². The van der Waals surface area contributed by atoms with Crippen molar-refractivity contribution in [1.29, 1.82) is 0 Å². The van der Waals surface area contributed by atoms with Crippen LogP contribution in [-0.2, 0) is 0 Å². The molecule has 1 heteroatoms. The first-order chi connectivity index (χ1) is 4.84. The van der Waals surface area contributed by atoms with Crippen molar-refractivity contribution in [2.45, 2.75) is 25.7 Å². The van der Waals surface area contributed by atoms with Crippen LogP contribution in [0.4, 0.5) is 0 Å². The Bertz CT molecular complexity index is 99.9. The Hall–Kier alpha value is -0.0400. The van der Waals surface area contributed by atoms with E-state index in [1.807, 2.05) is 0 Å². The lowest BCUT2D eigenvalue weighted by atomic mass is 9.84. The SMILES string of the molecule is CN1CC2CCC(CC2)C1. The number of nitrogens with zero attached hydrogens (tertiary/aromatic N) is 1. The Morgan fingerprint density at radius 3 is 1.70 bits per heavy atom. The van der Waals surface area contributed by atoms with Gasteiger partial charge in [0, 0.05) is 13.1 Å². The largest absolute Gasteiger partial charge is 0.306 e. The highest BCUT2D eigenvalue weighted by atomic mass is 15.1. The normalized spacial score (nSPS) is 41.7. The maximum absolute atomic E-state index is 2.52. The minimum absolute atomic E-state index is 1.05. The molecule has 3 aliphatic rings. The highest BCUT2D eigenvalue weighted by molar-refractivity contribution is 4.80. The molecule has 1 saturated carbocycles. The average molecular weight is 139 g/mol. The van der Waals surface area contributed by atoms with Gasteiger partial charge >= 0.3 is 0 Å². The third kappa shape index (κ3) is 1.20. The van der Waals surface area contributed by atoms with E-state index in [-0.39, 0.29) is 0 Å². The van der Waals surface area contributed by atoms with E-state index in [2.05, 4.69) is 11.9 Å². The van der Waals surface area contributed by atoms with Gasteiger partial charge in [-0.25, -0.2) is 0 Å². The van der Waals surface area contributed by atoms with E-state index in [1.54, 1.807) is 0 Å². The quantitative estimate of drug-likeness (QED) is 0.494. The van der Waals surface area contributed by atoms with E-state index in [0.29, 0.717) is 0 Å². The Morgan fingerprint density at radius 2 is 1.30 bits per heavy atom. The second-order valence-corrected chi connectivity index (χ2v) is 4.11. The molecule has 2 aliphatic heterocycles. The van der Waals surface area contributed by atoms with Gasteiger partial charge in [-0.2, -0.15) is 0 Å². The van der Waals surface area contributed by atoms with Crippen LogP contribution in [0, 0.1) is 11.8 Å². The third-order valence-electron chi connectivity index (χ3n) is 3.11. The number of hydrogen-bond donors (Lipinski definition) is 0. The summed E-state index contributed by atoms with van der Waals surface area (Å²) in [6, 6.07) is 0. The molecular formula is C9H17N. The summed E-state index contributed by atoms with van der Waals surface area (Å²) in [6.45, 7) is 2.74. The van der Waals surface area contributed by atoms with Gasteiger partial charge in [0.05, 0.1) is 0 Å². The van der Waals surface area contributed by atoms with Crippen LogP contribution in [0.3, 0.4) is 0 Å². The lowest BCUT2D eigenvalue weighted by Crippen LogP contribution is -2.23. The molecule has 0 amide bonds. The molecule has 0 aromatic heterocycles. The topological polar surface area (TPSA) is 3.24 Å². The molecule has 2 bridgehead atoms. The molecule has 58 valence electrons. The molecule has 0 aromatic carbocycles. The predicted molar refractivity (Wildman–Crippen MR) is 42.9 cm³/mol. The molecule has 2 heterocycles. The van der Waals surface area contributed by atoms with Gasteiger partial charge in [0.1, 0.15) is 0 Å². The summed E-state index contributed by atoms with van der Waals surface area (Å²) in [5.41, 5.74) is 0.